The lowest BCUT2D eigenvalue weighted by atomic mass is 9.96. The zero-order valence-electron chi connectivity index (χ0n) is 15.3. The number of hydrogen-bond donors (Lipinski definition) is 1. The average molecular weight is 374 g/mol. The van der Waals surface area contributed by atoms with Gasteiger partial charge < -0.3 is 19.6 Å². The number of ether oxygens (including phenoxy) is 2. The van der Waals surface area contributed by atoms with Gasteiger partial charge in [0.25, 0.3) is 0 Å². The summed E-state index contributed by atoms with van der Waals surface area (Å²) >= 11 is 0. The van der Waals surface area contributed by atoms with Gasteiger partial charge in [-0.1, -0.05) is 6.07 Å². The first-order chi connectivity index (χ1) is 13.7. The predicted octanol–water partition coefficient (Wildman–Crippen LogP) is 3.59. The topological polar surface area (TPSA) is 96.3 Å². The molecule has 1 atom stereocenters. The van der Waals surface area contributed by atoms with E-state index in [2.05, 4.69) is 15.0 Å². The van der Waals surface area contributed by atoms with Crippen molar-refractivity contribution in [3.63, 3.8) is 0 Å². The van der Waals surface area contributed by atoms with Crippen LogP contribution in [0.5, 0.6) is 11.5 Å². The van der Waals surface area contributed by atoms with Gasteiger partial charge in [-0.2, -0.15) is 0 Å². The molecule has 28 heavy (non-hydrogen) atoms. The van der Waals surface area contributed by atoms with Crippen molar-refractivity contribution < 1.29 is 13.9 Å². The lowest BCUT2D eigenvalue weighted by Gasteiger charge is -2.23. The van der Waals surface area contributed by atoms with Crippen LogP contribution < -0.4 is 15.2 Å². The molecule has 0 saturated carbocycles. The van der Waals surface area contributed by atoms with Gasteiger partial charge in [0.1, 0.15) is 23.6 Å². The predicted molar refractivity (Wildman–Crippen MR) is 104 cm³/mol. The second kappa shape index (κ2) is 6.53. The number of nitrogens with two attached hydrogens (primary N) is 1. The molecule has 1 aliphatic rings. The summed E-state index contributed by atoms with van der Waals surface area (Å²) in [6.45, 7) is 0.529. The van der Waals surface area contributed by atoms with Crippen LogP contribution in [0.15, 0.2) is 53.1 Å². The van der Waals surface area contributed by atoms with E-state index in [4.69, 9.17) is 19.6 Å². The molecule has 0 fully saturated rings. The van der Waals surface area contributed by atoms with Crippen molar-refractivity contribution in [2.45, 2.75) is 12.3 Å². The van der Waals surface area contributed by atoms with Gasteiger partial charge in [0.15, 0.2) is 5.58 Å². The van der Waals surface area contributed by atoms with Gasteiger partial charge >= 0.3 is 0 Å². The Hall–Kier alpha value is -3.61. The molecule has 140 valence electrons. The summed E-state index contributed by atoms with van der Waals surface area (Å²) in [6, 6.07) is 13.5. The minimum absolute atomic E-state index is 0.0464. The standard InChI is InChI=1S/C21H18N4O3/c1-26-15-3-5-18-13(9-15)8-14(11-27-18)20-24-17-4-2-12(10-19(17)28-20)16-6-7-23-21(22)25-16/h2-7,9-10,14H,8,11H2,1H3,(H2,22,23,25)/t14-/m1/s1. The van der Waals surface area contributed by atoms with Crippen LogP contribution in [-0.2, 0) is 6.42 Å². The van der Waals surface area contributed by atoms with E-state index in [-0.39, 0.29) is 11.9 Å². The van der Waals surface area contributed by atoms with Crippen LogP contribution in [0.4, 0.5) is 5.95 Å². The van der Waals surface area contributed by atoms with E-state index < -0.39 is 0 Å². The normalized spacial score (nSPS) is 15.8. The highest BCUT2D eigenvalue weighted by molar-refractivity contribution is 5.79. The zero-order valence-corrected chi connectivity index (χ0v) is 15.3. The number of benzene rings is 2. The minimum atomic E-state index is 0.0464. The Bertz CT molecular complexity index is 1170. The van der Waals surface area contributed by atoms with E-state index in [9.17, 15) is 0 Å². The first kappa shape index (κ1) is 16.6. The van der Waals surface area contributed by atoms with E-state index in [1.165, 1.54) is 0 Å². The van der Waals surface area contributed by atoms with Crippen molar-refractivity contribution in [2.75, 3.05) is 19.5 Å². The van der Waals surface area contributed by atoms with Crippen molar-refractivity contribution in [1.29, 1.82) is 0 Å². The SMILES string of the molecule is COc1ccc2c(c1)C[C@@H](c1nc3ccc(-c4ccnc(N)n4)cc3o1)CO2. The third-order valence-electron chi connectivity index (χ3n) is 4.90. The van der Waals surface area contributed by atoms with Gasteiger partial charge in [-0.25, -0.2) is 15.0 Å². The fourth-order valence-corrected chi connectivity index (χ4v) is 3.47. The van der Waals surface area contributed by atoms with Crippen molar-refractivity contribution in [3.05, 3.63) is 60.1 Å². The largest absolute Gasteiger partial charge is 0.497 e. The maximum Gasteiger partial charge on any atom is 0.220 e. The fraction of sp³-hybridized carbons (Fsp3) is 0.190. The van der Waals surface area contributed by atoms with Gasteiger partial charge in [-0.3, -0.25) is 0 Å². The second-order valence-corrected chi connectivity index (χ2v) is 6.72. The van der Waals surface area contributed by atoms with Crippen LogP contribution in [0.2, 0.25) is 0 Å². The Kier molecular flexibility index (Phi) is 3.86. The molecule has 7 nitrogen and oxygen atoms in total. The van der Waals surface area contributed by atoms with Gasteiger partial charge in [-0.05, 0) is 48.4 Å². The molecule has 0 aliphatic carbocycles. The molecular formula is C21H18N4O3. The summed E-state index contributed by atoms with van der Waals surface area (Å²) in [5, 5.41) is 0. The van der Waals surface area contributed by atoms with Crippen LogP contribution in [0.25, 0.3) is 22.4 Å². The third-order valence-corrected chi connectivity index (χ3v) is 4.90. The molecule has 4 aromatic rings. The maximum atomic E-state index is 6.07. The van der Waals surface area contributed by atoms with Gasteiger partial charge in [0.05, 0.1) is 18.7 Å². The van der Waals surface area contributed by atoms with E-state index >= 15 is 0 Å². The minimum Gasteiger partial charge on any atom is -0.497 e. The molecule has 0 unspecified atom stereocenters. The van der Waals surface area contributed by atoms with Crippen molar-refractivity contribution in [3.8, 4) is 22.8 Å². The summed E-state index contributed by atoms with van der Waals surface area (Å²) in [6.07, 6.45) is 2.42. The molecule has 3 heterocycles. The van der Waals surface area contributed by atoms with E-state index in [0.717, 1.165) is 40.3 Å². The third kappa shape index (κ3) is 2.90. The van der Waals surface area contributed by atoms with E-state index in [0.29, 0.717) is 18.1 Å². The van der Waals surface area contributed by atoms with Crippen LogP contribution >= 0.6 is 0 Å². The lowest BCUT2D eigenvalue weighted by molar-refractivity contribution is 0.243. The number of methoxy groups -OCH3 is 1. The highest BCUT2D eigenvalue weighted by Crippen LogP contribution is 2.35. The molecule has 7 heteroatoms. The summed E-state index contributed by atoms with van der Waals surface area (Å²) < 4.78 is 17.3. The molecule has 0 amide bonds. The lowest BCUT2D eigenvalue weighted by Crippen LogP contribution is -2.19. The number of rotatable bonds is 3. The Balaban J connectivity index is 1.47. The number of nitrogen functional groups attached to an aromatic ring is 1. The van der Waals surface area contributed by atoms with Gasteiger partial charge in [0.2, 0.25) is 11.8 Å². The highest BCUT2D eigenvalue weighted by atomic mass is 16.5. The molecule has 2 aromatic carbocycles. The van der Waals surface area contributed by atoms with Crippen LogP contribution in [0.1, 0.15) is 17.4 Å². The molecule has 0 saturated heterocycles. The number of aromatic nitrogens is 3. The number of fused-ring (bicyclic) bond motifs is 2. The van der Waals surface area contributed by atoms with Crippen molar-refractivity contribution in [2.24, 2.45) is 0 Å². The second-order valence-electron chi connectivity index (χ2n) is 6.72. The van der Waals surface area contributed by atoms with Crippen molar-refractivity contribution >= 4 is 17.0 Å². The Labute approximate surface area is 161 Å². The molecule has 0 radical (unpaired) electrons. The van der Waals surface area contributed by atoms with Crippen LogP contribution in [-0.4, -0.2) is 28.7 Å². The van der Waals surface area contributed by atoms with Gasteiger partial charge in [-0.15, -0.1) is 0 Å². The first-order valence-corrected chi connectivity index (χ1v) is 8.99. The summed E-state index contributed by atoms with van der Waals surface area (Å²) in [5.74, 6) is 2.66. The van der Waals surface area contributed by atoms with E-state index in [1.807, 2.05) is 42.5 Å². The quantitative estimate of drug-likeness (QED) is 0.585. The highest BCUT2D eigenvalue weighted by Gasteiger charge is 2.26. The average Bonchev–Trinajstić information content (AvgIpc) is 3.16. The van der Waals surface area contributed by atoms with Crippen LogP contribution in [0, 0.1) is 0 Å². The summed E-state index contributed by atoms with van der Waals surface area (Å²) in [7, 11) is 1.66. The summed E-state index contributed by atoms with van der Waals surface area (Å²) in [4.78, 5) is 12.9. The Morgan fingerprint density at radius 2 is 2.04 bits per heavy atom. The molecule has 1 aliphatic heterocycles. The molecule has 2 N–H and O–H groups in total. The van der Waals surface area contributed by atoms with E-state index in [1.54, 1.807) is 13.3 Å². The molecule has 2 aromatic heterocycles. The number of nitrogens with zero attached hydrogens (tertiary/aromatic N) is 3. The Morgan fingerprint density at radius 1 is 1.11 bits per heavy atom. The van der Waals surface area contributed by atoms with Gasteiger partial charge in [0, 0.05) is 11.8 Å². The van der Waals surface area contributed by atoms with Crippen molar-refractivity contribution in [1.82, 2.24) is 15.0 Å². The number of oxazole rings is 1. The zero-order chi connectivity index (χ0) is 19.1. The molecule has 0 spiro atoms. The maximum absolute atomic E-state index is 6.07. The number of hydrogen-bond acceptors (Lipinski definition) is 7. The first-order valence-electron chi connectivity index (χ1n) is 8.99. The molecule has 5 rings (SSSR count). The Morgan fingerprint density at radius 3 is 2.89 bits per heavy atom. The smallest absolute Gasteiger partial charge is 0.220 e. The number of anilines is 1. The van der Waals surface area contributed by atoms with Crippen LogP contribution in [0.3, 0.4) is 0 Å². The fourth-order valence-electron chi connectivity index (χ4n) is 3.47. The monoisotopic (exact) mass is 374 g/mol. The molecule has 0 bridgehead atoms. The summed E-state index contributed by atoms with van der Waals surface area (Å²) in [5.41, 5.74) is 9.94. The molecular weight excluding hydrogens is 356 g/mol.